The first-order valence-corrected chi connectivity index (χ1v) is 13.7. The van der Waals surface area contributed by atoms with Crippen LogP contribution in [0.1, 0.15) is 42.0 Å². The molecule has 0 spiro atoms. The second-order valence-corrected chi connectivity index (χ2v) is 11.2. The van der Waals surface area contributed by atoms with Crippen LogP contribution in [0.3, 0.4) is 0 Å². The van der Waals surface area contributed by atoms with Gasteiger partial charge in [-0.05, 0) is 60.2 Å². The Morgan fingerprint density at radius 3 is 2.41 bits per heavy atom. The predicted octanol–water partition coefficient (Wildman–Crippen LogP) is 7.42. The van der Waals surface area contributed by atoms with E-state index in [2.05, 4.69) is 51.1 Å². The van der Waals surface area contributed by atoms with Crippen molar-refractivity contribution in [2.75, 3.05) is 6.54 Å². The van der Waals surface area contributed by atoms with Crippen LogP contribution in [0.4, 0.5) is 0 Å². The van der Waals surface area contributed by atoms with Gasteiger partial charge in [-0.1, -0.05) is 98.5 Å². The third-order valence-electron chi connectivity index (χ3n) is 6.57. The van der Waals surface area contributed by atoms with Gasteiger partial charge < -0.3 is 0 Å². The van der Waals surface area contributed by atoms with Crippen LogP contribution in [0.25, 0.3) is 23.0 Å². The molecule has 4 nitrogen and oxygen atoms in total. The first kappa shape index (κ1) is 25.2. The van der Waals surface area contributed by atoms with Crippen molar-refractivity contribution in [1.82, 2.24) is 14.7 Å². The Labute approximate surface area is 228 Å². The van der Waals surface area contributed by atoms with E-state index in [4.69, 9.17) is 17.3 Å². The summed E-state index contributed by atoms with van der Waals surface area (Å²) in [6, 6.07) is 26.8. The van der Waals surface area contributed by atoms with Crippen LogP contribution in [0.5, 0.6) is 0 Å². The molecule has 1 fully saturated rings. The van der Waals surface area contributed by atoms with Crippen molar-refractivity contribution in [3.63, 3.8) is 0 Å². The van der Waals surface area contributed by atoms with E-state index in [9.17, 15) is 4.79 Å². The van der Waals surface area contributed by atoms with Crippen LogP contribution >= 0.6 is 24.0 Å². The van der Waals surface area contributed by atoms with Gasteiger partial charge in [-0.15, -0.1) is 0 Å². The number of aromatic nitrogens is 2. The first-order chi connectivity index (χ1) is 17.9. The lowest BCUT2D eigenvalue weighted by molar-refractivity contribution is -0.122. The Bertz CT molecular complexity index is 1470. The minimum absolute atomic E-state index is 0.0444. The molecule has 6 heteroatoms. The number of hydrogen-bond acceptors (Lipinski definition) is 4. The summed E-state index contributed by atoms with van der Waals surface area (Å²) in [5.74, 6) is 0.358. The number of carbonyl (C=O) groups is 1. The molecule has 186 valence electrons. The zero-order valence-corrected chi connectivity index (χ0v) is 22.9. The van der Waals surface area contributed by atoms with Gasteiger partial charge in [0, 0.05) is 23.9 Å². The number of benzene rings is 3. The Balaban J connectivity index is 1.52. The zero-order chi connectivity index (χ0) is 25.9. The monoisotopic (exact) mass is 523 g/mol. The topological polar surface area (TPSA) is 38.1 Å². The highest BCUT2D eigenvalue weighted by molar-refractivity contribution is 8.26. The maximum Gasteiger partial charge on any atom is 0.266 e. The third kappa shape index (κ3) is 5.45. The fourth-order valence-electron chi connectivity index (χ4n) is 4.39. The Morgan fingerprint density at radius 1 is 1.00 bits per heavy atom. The van der Waals surface area contributed by atoms with Crippen molar-refractivity contribution < 1.29 is 4.79 Å². The number of aryl methyl sites for hydroxylation is 1. The highest BCUT2D eigenvalue weighted by Crippen LogP contribution is 2.36. The average molecular weight is 524 g/mol. The minimum atomic E-state index is -0.0444. The summed E-state index contributed by atoms with van der Waals surface area (Å²) >= 11 is 6.97. The molecule has 3 aromatic carbocycles. The van der Waals surface area contributed by atoms with Gasteiger partial charge in [-0.2, -0.15) is 5.10 Å². The number of amides is 1. The first-order valence-electron chi connectivity index (χ1n) is 12.5. The van der Waals surface area contributed by atoms with E-state index < -0.39 is 0 Å². The van der Waals surface area contributed by atoms with Crippen LogP contribution in [0.15, 0.2) is 90.0 Å². The van der Waals surface area contributed by atoms with Crippen molar-refractivity contribution in [2.45, 2.75) is 33.1 Å². The maximum atomic E-state index is 13.4. The zero-order valence-electron chi connectivity index (χ0n) is 21.2. The summed E-state index contributed by atoms with van der Waals surface area (Å²) in [5.41, 5.74) is 7.39. The molecule has 1 aliphatic rings. The van der Waals surface area contributed by atoms with Gasteiger partial charge in [0.2, 0.25) is 0 Å². The molecule has 1 aromatic heterocycles. The molecule has 5 rings (SSSR count). The number of hydrogen-bond donors (Lipinski definition) is 0. The summed E-state index contributed by atoms with van der Waals surface area (Å²) in [5, 5.41) is 5.00. The molecule has 0 aliphatic carbocycles. The number of rotatable bonds is 7. The predicted molar refractivity (Wildman–Crippen MR) is 158 cm³/mol. The van der Waals surface area contributed by atoms with Crippen molar-refractivity contribution >= 4 is 40.3 Å². The van der Waals surface area contributed by atoms with E-state index in [1.165, 1.54) is 22.9 Å². The molecular formula is C31H29N3OS2. The minimum Gasteiger partial charge on any atom is -0.293 e. The SMILES string of the molecule is Cc1ccc(C(C)C)cc1-c1nn(-c2ccccc2)cc1/C=C1/SC(=S)N(CCc2ccccc2)C1=O. The van der Waals surface area contributed by atoms with Gasteiger partial charge in [0.25, 0.3) is 5.91 Å². The summed E-state index contributed by atoms with van der Waals surface area (Å²) in [7, 11) is 0. The number of nitrogens with zero attached hydrogens (tertiary/aromatic N) is 3. The van der Waals surface area contributed by atoms with Gasteiger partial charge >= 0.3 is 0 Å². The highest BCUT2D eigenvalue weighted by atomic mass is 32.2. The normalized spacial score (nSPS) is 14.8. The summed E-state index contributed by atoms with van der Waals surface area (Å²) < 4.78 is 2.49. The van der Waals surface area contributed by atoms with E-state index in [0.717, 1.165) is 34.5 Å². The van der Waals surface area contributed by atoms with Gasteiger partial charge in [-0.3, -0.25) is 9.69 Å². The quantitative estimate of drug-likeness (QED) is 0.187. The van der Waals surface area contributed by atoms with Gasteiger partial charge in [0.1, 0.15) is 10.0 Å². The number of thioether (sulfide) groups is 1. The average Bonchev–Trinajstić information content (AvgIpc) is 3.44. The van der Waals surface area contributed by atoms with E-state index in [-0.39, 0.29) is 5.91 Å². The van der Waals surface area contributed by atoms with Crippen molar-refractivity contribution in [1.29, 1.82) is 0 Å². The Kier molecular flexibility index (Phi) is 7.40. The molecule has 0 radical (unpaired) electrons. The molecular weight excluding hydrogens is 494 g/mol. The fraction of sp³-hybridized carbons (Fsp3) is 0.194. The molecule has 0 bridgehead atoms. The molecule has 4 aromatic rings. The van der Waals surface area contributed by atoms with E-state index >= 15 is 0 Å². The van der Waals surface area contributed by atoms with E-state index in [1.807, 2.05) is 65.5 Å². The van der Waals surface area contributed by atoms with Crippen LogP contribution in [0.2, 0.25) is 0 Å². The third-order valence-corrected chi connectivity index (χ3v) is 7.95. The van der Waals surface area contributed by atoms with E-state index in [0.29, 0.717) is 21.7 Å². The van der Waals surface area contributed by atoms with E-state index in [1.54, 1.807) is 4.90 Å². The fourth-order valence-corrected chi connectivity index (χ4v) is 5.69. The molecule has 1 aliphatic heterocycles. The Morgan fingerprint density at radius 2 is 1.70 bits per heavy atom. The molecule has 1 amide bonds. The lowest BCUT2D eigenvalue weighted by Crippen LogP contribution is -2.30. The summed E-state index contributed by atoms with van der Waals surface area (Å²) in [6.07, 6.45) is 4.71. The molecule has 0 N–H and O–H groups in total. The second-order valence-electron chi connectivity index (χ2n) is 9.51. The van der Waals surface area contributed by atoms with Crippen LogP contribution in [-0.2, 0) is 11.2 Å². The molecule has 37 heavy (non-hydrogen) atoms. The summed E-state index contributed by atoms with van der Waals surface area (Å²) in [4.78, 5) is 15.7. The lowest BCUT2D eigenvalue weighted by Gasteiger charge is -2.14. The van der Waals surface area contributed by atoms with Crippen LogP contribution in [-0.4, -0.2) is 31.5 Å². The second kappa shape index (κ2) is 10.9. The summed E-state index contributed by atoms with van der Waals surface area (Å²) in [6.45, 7) is 7.06. The van der Waals surface area contributed by atoms with Crippen molar-refractivity contribution in [3.05, 3.63) is 112 Å². The van der Waals surface area contributed by atoms with Gasteiger partial charge in [-0.25, -0.2) is 4.68 Å². The number of carbonyl (C=O) groups excluding carboxylic acids is 1. The maximum absolute atomic E-state index is 13.4. The number of para-hydroxylation sites is 1. The standard InChI is InChI=1S/C31H29N3OS2/c1-21(2)24-15-14-22(3)27(18-24)29-25(20-34(32-29)26-12-8-5-9-13-26)19-28-30(35)33(31(36)37-28)17-16-23-10-6-4-7-11-23/h4-15,18-21H,16-17H2,1-3H3/b28-19+. The van der Waals surface area contributed by atoms with Gasteiger partial charge in [0.15, 0.2) is 0 Å². The van der Waals surface area contributed by atoms with Gasteiger partial charge in [0.05, 0.1) is 10.6 Å². The largest absolute Gasteiger partial charge is 0.293 e. The lowest BCUT2D eigenvalue weighted by atomic mass is 9.95. The highest BCUT2D eigenvalue weighted by Gasteiger charge is 2.32. The van der Waals surface area contributed by atoms with Crippen LogP contribution in [0, 0.1) is 6.92 Å². The molecule has 0 saturated carbocycles. The smallest absolute Gasteiger partial charge is 0.266 e. The molecule has 0 unspecified atom stereocenters. The van der Waals surface area contributed by atoms with Crippen molar-refractivity contribution in [2.24, 2.45) is 0 Å². The Hall–Kier alpha value is -3.48. The molecule has 1 saturated heterocycles. The number of thiocarbonyl (C=S) groups is 1. The molecule has 2 heterocycles. The van der Waals surface area contributed by atoms with Crippen molar-refractivity contribution in [3.8, 4) is 16.9 Å². The van der Waals surface area contributed by atoms with Crippen LogP contribution < -0.4 is 0 Å². The molecule has 0 atom stereocenters.